The number of aliphatic hydroxyl groups excluding tert-OH is 1. The van der Waals surface area contributed by atoms with Crippen LogP contribution in [0.15, 0.2) is 53.3 Å². The average Bonchev–Trinajstić information content (AvgIpc) is 3.09. The molecule has 2 heteroatoms. The van der Waals surface area contributed by atoms with E-state index in [1.54, 1.807) is 11.1 Å². The van der Waals surface area contributed by atoms with Crippen molar-refractivity contribution >= 4 is 0 Å². The topological polar surface area (TPSA) is 29.5 Å². The zero-order valence-electron chi connectivity index (χ0n) is 17.2. The monoisotopic (exact) mass is 378 g/mol. The third-order valence-corrected chi connectivity index (χ3v) is 8.71. The maximum absolute atomic E-state index is 11.1. The summed E-state index contributed by atoms with van der Waals surface area (Å²) in [6.07, 6.45) is 14.0. The van der Waals surface area contributed by atoms with E-state index in [1.165, 1.54) is 43.4 Å². The molecule has 0 aliphatic heterocycles. The second-order valence-corrected chi connectivity index (χ2v) is 9.65. The highest BCUT2D eigenvalue weighted by molar-refractivity contribution is 5.33. The molecule has 1 aromatic rings. The summed E-state index contributed by atoms with van der Waals surface area (Å²) < 4.78 is 5.54. The molecule has 2 saturated carbocycles. The Kier molecular flexibility index (Phi) is 4.87. The number of fused-ring (bicyclic) bond motifs is 4. The molecule has 2 fully saturated rings. The summed E-state index contributed by atoms with van der Waals surface area (Å²) in [4.78, 5) is 0. The molecule has 0 heterocycles. The summed E-state index contributed by atoms with van der Waals surface area (Å²) in [5.74, 6) is 3.43. The normalized spacial score (nSPS) is 37.0. The summed E-state index contributed by atoms with van der Waals surface area (Å²) in [7, 11) is 1.81. The maximum atomic E-state index is 11.1. The predicted molar refractivity (Wildman–Crippen MR) is 113 cm³/mol. The van der Waals surface area contributed by atoms with E-state index in [-0.39, 0.29) is 11.5 Å². The van der Waals surface area contributed by atoms with Crippen LogP contribution < -0.4 is 0 Å². The fraction of sp³-hybridized carbons (Fsp3) is 0.615. The van der Waals surface area contributed by atoms with Gasteiger partial charge in [-0.25, -0.2) is 0 Å². The van der Waals surface area contributed by atoms with Crippen molar-refractivity contribution in [2.45, 2.75) is 70.3 Å². The Bertz CT molecular complexity index is 777. The van der Waals surface area contributed by atoms with E-state index in [2.05, 4.69) is 36.4 Å². The lowest BCUT2D eigenvalue weighted by atomic mass is 9.53. The van der Waals surface area contributed by atoms with E-state index in [1.807, 2.05) is 7.11 Å². The molecular formula is C26H34O2. The van der Waals surface area contributed by atoms with E-state index < -0.39 is 0 Å². The second kappa shape index (κ2) is 7.37. The van der Waals surface area contributed by atoms with Crippen LogP contribution in [0.5, 0.6) is 0 Å². The number of hydrogen-bond donors (Lipinski definition) is 1. The van der Waals surface area contributed by atoms with Crippen molar-refractivity contribution < 1.29 is 9.84 Å². The first-order chi connectivity index (χ1) is 13.7. The van der Waals surface area contributed by atoms with E-state index in [0.717, 1.165) is 43.9 Å². The predicted octanol–water partition coefficient (Wildman–Crippen LogP) is 5.82. The van der Waals surface area contributed by atoms with Gasteiger partial charge in [-0.15, -0.1) is 0 Å². The van der Waals surface area contributed by atoms with Crippen LogP contribution in [0.2, 0.25) is 0 Å². The zero-order chi connectivity index (χ0) is 19.1. The Balaban J connectivity index is 1.37. The van der Waals surface area contributed by atoms with E-state index >= 15 is 0 Å². The lowest BCUT2D eigenvalue weighted by Gasteiger charge is -2.52. The second-order valence-electron chi connectivity index (χ2n) is 9.65. The van der Waals surface area contributed by atoms with Gasteiger partial charge in [0.25, 0.3) is 0 Å². The molecule has 2 nitrogen and oxygen atoms in total. The molecule has 5 atom stereocenters. The number of rotatable bonds is 4. The Morgan fingerprint density at radius 1 is 1.11 bits per heavy atom. The smallest absolute Gasteiger partial charge is 0.0959 e. The van der Waals surface area contributed by atoms with Crippen molar-refractivity contribution in [2.24, 2.45) is 23.2 Å². The molecule has 0 aromatic heterocycles. The van der Waals surface area contributed by atoms with Crippen molar-refractivity contribution in [3.05, 3.63) is 58.9 Å². The van der Waals surface area contributed by atoms with Gasteiger partial charge in [0.05, 0.1) is 19.0 Å². The van der Waals surface area contributed by atoms with Crippen LogP contribution in [-0.4, -0.2) is 18.3 Å². The van der Waals surface area contributed by atoms with Crippen molar-refractivity contribution in [1.29, 1.82) is 0 Å². The van der Waals surface area contributed by atoms with E-state index in [9.17, 15) is 5.11 Å². The Morgan fingerprint density at radius 3 is 2.79 bits per heavy atom. The summed E-state index contributed by atoms with van der Waals surface area (Å²) in [5.41, 5.74) is 5.01. The lowest BCUT2D eigenvalue weighted by Crippen LogP contribution is -2.47. The SMILES string of the molecule is COC1=CCC2=C(CC[C@@H]3[C@@H]2CC[C@]2(CCc4ccccc4)[C@@H](O)CC[C@@H]32)C1. The molecule has 0 unspecified atom stereocenters. The van der Waals surface area contributed by atoms with Gasteiger partial charge in [0.2, 0.25) is 0 Å². The number of allylic oxidation sites excluding steroid dienone is 3. The minimum atomic E-state index is -0.0936. The zero-order valence-corrected chi connectivity index (χ0v) is 17.2. The summed E-state index contributed by atoms with van der Waals surface area (Å²) in [6.45, 7) is 0. The van der Waals surface area contributed by atoms with Gasteiger partial charge in [0.15, 0.2) is 0 Å². The largest absolute Gasteiger partial charge is 0.501 e. The van der Waals surface area contributed by atoms with Gasteiger partial charge < -0.3 is 9.84 Å². The van der Waals surface area contributed by atoms with Crippen molar-refractivity contribution in [2.75, 3.05) is 7.11 Å². The van der Waals surface area contributed by atoms with Gasteiger partial charge >= 0.3 is 0 Å². The molecule has 4 aliphatic carbocycles. The number of aliphatic hydroxyl groups is 1. The number of methoxy groups -OCH3 is 1. The first-order valence-electron chi connectivity index (χ1n) is 11.4. The quantitative estimate of drug-likeness (QED) is 0.669. The maximum Gasteiger partial charge on any atom is 0.0959 e. The van der Waals surface area contributed by atoms with E-state index in [0.29, 0.717) is 5.92 Å². The van der Waals surface area contributed by atoms with Gasteiger partial charge in [-0.2, -0.15) is 0 Å². The molecule has 0 amide bonds. The molecular weight excluding hydrogens is 344 g/mol. The van der Waals surface area contributed by atoms with Crippen LogP contribution in [0.25, 0.3) is 0 Å². The molecule has 0 radical (unpaired) electrons. The summed E-state index contributed by atoms with van der Waals surface area (Å²) in [5, 5.41) is 11.1. The minimum Gasteiger partial charge on any atom is -0.501 e. The average molecular weight is 379 g/mol. The van der Waals surface area contributed by atoms with Crippen molar-refractivity contribution in [3.63, 3.8) is 0 Å². The van der Waals surface area contributed by atoms with Gasteiger partial charge in [-0.3, -0.25) is 0 Å². The van der Waals surface area contributed by atoms with Crippen molar-refractivity contribution in [3.8, 4) is 0 Å². The Morgan fingerprint density at radius 2 is 1.96 bits per heavy atom. The Labute approximate surface area is 169 Å². The highest BCUT2D eigenvalue weighted by atomic mass is 16.5. The minimum absolute atomic E-state index is 0.0936. The van der Waals surface area contributed by atoms with Crippen molar-refractivity contribution in [1.82, 2.24) is 0 Å². The molecule has 5 rings (SSSR count). The highest BCUT2D eigenvalue weighted by Crippen LogP contribution is 2.62. The molecule has 150 valence electrons. The fourth-order valence-electron chi connectivity index (χ4n) is 7.33. The number of aryl methyl sites for hydroxylation is 1. The Hall–Kier alpha value is -1.54. The molecule has 28 heavy (non-hydrogen) atoms. The molecule has 4 aliphatic rings. The fourth-order valence-corrected chi connectivity index (χ4v) is 7.33. The summed E-state index contributed by atoms with van der Waals surface area (Å²) in [6, 6.07) is 10.9. The van der Waals surface area contributed by atoms with Crippen LogP contribution >= 0.6 is 0 Å². The summed E-state index contributed by atoms with van der Waals surface area (Å²) >= 11 is 0. The van der Waals surface area contributed by atoms with Gasteiger partial charge in [0.1, 0.15) is 0 Å². The van der Waals surface area contributed by atoms with Crippen LogP contribution in [0, 0.1) is 23.2 Å². The molecule has 1 aromatic carbocycles. The molecule has 1 N–H and O–H groups in total. The van der Waals surface area contributed by atoms with Crippen LogP contribution in [0.3, 0.4) is 0 Å². The van der Waals surface area contributed by atoms with E-state index in [4.69, 9.17) is 4.74 Å². The molecule has 0 bridgehead atoms. The number of hydrogen-bond acceptors (Lipinski definition) is 2. The third kappa shape index (κ3) is 2.96. The molecule has 0 saturated heterocycles. The number of benzene rings is 1. The van der Waals surface area contributed by atoms with Gasteiger partial charge in [0, 0.05) is 6.42 Å². The highest BCUT2D eigenvalue weighted by Gasteiger charge is 2.56. The first-order valence-corrected chi connectivity index (χ1v) is 11.4. The van der Waals surface area contributed by atoms with Crippen LogP contribution in [0.1, 0.15) is 63.4 Å². The standard InChI is InChI=1S/C26H34O2/c1-28-20-8-10-21-19(17-20)7-9-23-22(21)14-16-26(24(23)11-12-25(26)27)15-13-18-5-3-2-4-6-18/h2-6,8,22-25,27H,7,9-17H2,1H3/t22-,23-,24+,25+,26+/m1/s1. The van der Waals surface area contributed by atoms with Gasteiger partial charge in [-0.1, -0.05) is 41.5 Å². The third-order valence-electron chi connectivity index (χ3n) is 8.71. The van der Waals surface area contributed by atoms with Gasteiger partial charge in [-0.05, 0) is 92.6 Å². The first kappa shape index (κ1) is 18.5. The lowest BCUT2D eigenvalue weighted by molar-refractivity contribution is -0.0503. The van der Waals surface area contributed by atoms with Crippen LogP contribution in [0.4, 0.5) is 0 Å². The van der Waals surface area contributed by atoms with Crippen LogP contribution in [-0.2, 0) is 11.2 Å². The molecule has 0 spiro atoms. The number of ether oxygens (including phenoxy) is 1.